The molecule has 0 aliphatic carbocycles. The maximum absolute atomic E-state index is 5.95. The maximum Gasteiger partial charge on any atom is 0.176 e. The molecule has 1 atom stereocenters. The van der Waals surface area contributed by atoms with Gasteiger partial charge in [0.25, 0.3) is 0 Å². The molecule has 0 saturated carbocycles. The summed E-state index contributed by atoms with van der Waals surface area (Å²) >= 11 is 5.95. The Labute approximate surface area is 129 Å². The number of rotatable bonds is 8. The van der Waals surface area contributed by atoms with Gasteiger partial charge < -0.3 is 10.1 Å². The van der Waals surface area contributed by atoms with Gasteiger partial charge in [-0.15, -0.1) is 10.2 Å². The second kappa shape index (κ2) is 7.95. The highest BCUT2D eigenvalue weighted by molar-refractivity contribution is 6.30. The number of benzene rings is 1. The normalized spacial score (nSPS) is 12.3. The quantitative estimate of drug-likeness (QED) is 0.806. The first kappa shape index (κ1) is 15.7. The second-order valence-corrected chi connectivity index (χ2v) is 5.26. The van der Waals surface area contributed by atoms with E-state index >= 15 is 0 Å². The van der Waals surface area contributed by atoms with Crippen molar-refractivity contribution in [3.05, 3.63) is 35.1 Å². The van der Waals surface area contributed by atoms with Crippen LogP contribution in [-0.4, -0.2) is 39.4 Å². The summed E-state index contributed by atoms with van der Waals surface area (Å²) in [4.78, 5) is 1.46. The molecule has 0 aliphatic rings. The molecular formula is C14H20ClN5O. The van der Waals surface area contributed by atoms with Gasteiger partial charge in [-0.2, -0.15) is 4.80 Å². The fourth-order valence-electron chi connectivity index (χ4n) is 1.92. The summed E-state index contributed by atoms with van der Waals surface area (Å²) in [5, 5.41) is 16.2. The van der Waals surface area contributed by atoms with Gasteiger partial charge in [0, 0.05) is 17.5 Å². The molecule has 1 aromatic carbocycles. The van der Waals surface area contributed by atoms with Crippen molar-refractivity contribution in [1.29, 1.82) is 0 Å². The number of ether oxygens (including phenoxy) is 1. The Balaban J connectivity index is 1.92. The molecule has 0 fully saturated rings. The van der Waals surface area contributed by atoms with Crippen molar-refractivity contribution in [3.63, 3.8) is 0 Å². The number of hydrogen-bond donors (Lipinski definition) is 1. The lowest BCUT2D eigenvalue weighted by Crippen LogP contribution is -2.37. The van der Waals surface area contributed by atoms with E-state index in [1.165, 1.54) is 4.80 Å². The summed E-state index contributed by atoms with van der Waals surface area (Å²) in [7, 11) is 1.76. The van der Waals surface area contributed by atoms with E-state index in [0.29, 0.717) is 23.9 Å². The molecule has 2 aromatic rings. The lowest BCUT2D eigenvalue weighted by molar-refractivity contribution is 0.261. The van der Waals surface area contributed by atoms with Gasteiger partial charge >= 0.3 is 0 Å². The van der Waals surface area contributed by atoms with Gasteiger partial charge in [-0.25, -0.2) is 0 Å². The van der Waals surface area contributed by atoms with Crippen LogP contribution in [0.2, 0.25) is 5.02 Å². The van der Waals surface area contributed by atoms with Crippen molar-refractivity contribution in [2.75, 3.05) is 13.2 Å². The average Bonchev–Trinajstić information content (AvgIpc) is 2.87. The standard InChI is InChI=1S/C14H20ClN5O/c1-3-7-16-12(9-14-17-19-20(2)18-14)10-21-13-6-4-5-11(15)8-13/h4-6,8,12,16H,3,7,9-10H2,1-2H3. The van der Waals surface area contributed by atoms with E-state index in [9.17, 15) is 0 Å². The minimum atomic E-state index is 0.133. The molecule has 1 unspecified atom stereocenters. The summed E-state index contributed by atoms with van der Waals surface area (Å²) in [6.07, 6.45) is 1.73. The predicted octanol–water partition coefficient (Wildman–Crippen LogP) is 1.85. The van der Waals surface area contributed by atoms with Crippen molar-refractivity contribution < 1.29 is 4.74 Å². The zero-order valence-electron chi connectivity index (χ0n) is 12.3. The predicted molar refractivity (Wildman–Crippen MR) is 81.5 cm³/mol. The molecule has 6 nitrogen and oxygen atoms in total. The van der Waals surface area contributed by atoms with Crippen LogP contribution in [0.4, 0.5) is 0 Å². The number of aryl methyl sites for hydroxylation is 1. The lowest BCUT2D eigenvalue weighted by Gasteiger charge is -2.17. The number of nitrogens with zero attached hydrogens (tertiary/aromatic N) is 4. The zero-order valence-corrected chi connectivity index (χ0v) is 13.0. The molecule has 1 aromatic heterocycles. The number of hydrogen-bond acceptors (Lipinski definition) is 5. The molecule has 21 heavy (non-hydrogen) atoms. The van der Waals surface area contributed by atoms with Crippen LogP contribution in [0.15, 0.2) is 24.3 Å². The van der Waals surface area contributed by atoms with Crippen molar-refractivity contribution in [1.82, 2.24) is 25.5 Å². The SMILES string of the molecule is CCCNC(COc1cccc(Cl)c1)Cc1nnn(C)n1. The van der Waals surface area contributed by atoms with Crippen LogP contribution < -0.4 is 10.1 Å². The molecule has 1 heterocycles. The molecule has 2 rings (SSSR count). The molecule has 7 heteroatoms. The molecular weight excluding hydrogens is 290 g/mol. The van der Waals surface area contributed by atoms with E-state index in [0.717, 1.165) is 18.7 Å². The highest BCUT2D eigenvalue weighted by atomic mass is 35.5. The summed E-state index contributed by atoms with van der Waals surface area (Å²) in [5.41, 5.74) is 0. The van der Waals surface area contributed by atoms with Gasteiger partial charge in [0.1, 0.15) is 12.4 Å². The lowest BCUT2D eigenvalue weighted by atomic mass is 10.2. The molecule has 0 amide bonds. The molecule has 0 saturated heterocycles. The van der Waals surface area contributed by atoms with E-state index < -0.39 is 0 Å². The van der Waals surface area contributed by atoms with E-state index in [4.69, 9.17) is 16.3 Å². The fraction of sp³-hybridized carbons (Fsp3) is 0.500. The summed E-state index contributed by atoms with van der Waals surface area (Å²) in [6.45, 7) is 3.57. The van der Waals surface area contributed by atoms with E-state index in [1.54, 1.807) is 13.1 Å². The van der Waals surface area contributed by atoms with Crippen LogP contribution >= 0.6 is 11.6 Å². The van der Waals surface area contributed by atoms with Gasteiger partial charge in [0.05, 0.1) is 7.05 Å². The maximum atomic E-state index is 5.95. The van der Waals surface area contributed by atoms with Crippen LogP contribution in [0.25, 0.3) is 0 Å². The van der Waals surface area contributed by atoms with Crippen LogP contribution in [0.1, 0.15) is 19.2 Å². The second-order valence-electron chi connectivity index (χ2n) is 4.82. The van der Waals surface area contributed by atoms with E-state index in [2.05, 4.69) is 27.7 Å². The van der Waals surface area contributed by atoms with Crippen molar-refractivity contribution in [2.24, 2.45) is 7.05 Å². The first-order valence-electron chi connectivity index (χ1n) is 7.02. The van der Waals surface area contributed by atoms with Crippen LogP contribution in [0.5, 0.6) is 5.75 Å². The summed E-state index contributed by atoms with van der Waals surface area (Å²) in [6, 6.07) is 7.52. The third kappa shape index (κ3) is 5.32. The van der Waals surface area contributed by atoms with Crippen molar-refractivity contribution in [3.8, 4) is 5.75 Å². The van der Waals surface area contributed by atoms with Crippen LogP contribution in [0, 0.1) is 0 Å². The Bertz CT molecular complexity index is 560. The molecule has 0 aliphatic heterocycles. The number of halogens is 1. The Morgan fingerprint density at radius 2 is 2.29 bits per heavy atom. The minimum absolute atomic E-state index is 0.133. The van der Waals surface area contributed by atoms with Gasteiger partial charge in [-0.3, -0.25) is 0 Å². The Morgan fingerprint density at radius 3 is 2.95 bits per heavy atom. The molecule has 114 valence electrons. The molecule has 0 radical (unpaired) electrons. The van der Waals surface area contributed by atoms with Crippen molar-refractivity contribution in [2.45, 2.75) is 25.8 Å². The number of nitrogens with one attached hydrogen (secondary N) is 1. The zero-order chi connectivity index (χ0) is 15.1. The first-order chi connectivity index (χ1) is 10.2. The molecule has 1 N–H and O–H groups in total. The summed E-state index contributed by atoms with van der Waals surface area (Å²) < 4.78 is 5.80. The fourth-order valence-corrected chi connectivity index (χ4v) is 2.10. The third-order valence-corrected chi connectivity index (χ3v) is 3.14. The van der Waals surface area contributed by atoms with E-state index in [-0.39, 0.29) is 6.04 Å². The Morgan fingerprint density at radius 1 is 1.43 bits per heavy atom. The molecule has 0 spiro atoms. The minimum Gasteiger partial charge on any atom is -0.492 e. The Kier molecular flexibility index (Phi) is 5.95. The van der Waals surface area contributed by atoms with E-state index in [1.807, 2.05) is 18.2 Å². The smallest absolute Gasteiger partial charge is 0.176 e. The average molecular weight is 310 g/mol. The first-order valence-corrected chi connectivity index (χ1v) is 7.39. The van der Waals surface area contributed by atoms with Gasteiger partial charge in [-0.1, -0.05) is 24.6 Å². The Hall–Kier alpha value is -1.66. The third-order valence-electron chi connectivity index (χ3n) is 2.91. The van der Waals surface area contributed by atoms with Crippen LogP contribution in [-0.2, 0) is 13.5 Å². The van der Waals surface area contributed by atoms with Gasteiger partial charge in [-0.05, 0) is 36.4 Å². The van der Waals surface area contributed by atoms with Gasteiger partial charge in [0.2, 0.25) is 0 Å². The molecule has 0 bridgehead atoms. The highest BCUT2D eigenvalue weighted by Gasteiger charge is 2.13. The number of aromatic nitrogens is 4. The van der Waals surface area contributed by atoms with Crippen LogP contribution in [0.3, 0.4) is 0 Å². The number of tetrazole rings is 1. The highest BCUT2D eigenvalue weighted by Crippen LogP contribution is 2.17. The van der Waals surface area contributed by atoms with Crippen molar-refractivity contribution >= 4 is 11.6 Å². The largest absolute Gasteiger partial charge is 0.492 e. The topological polar surface area (TPSA) is 64.9 Å². The summed E-state index contributed by atoms with van der Waals surface area (Å²) in [5.74, 6) is 1.47. The van der Waals surface area contributed by atoms with Gasteiger partial charge in [0.15, 0.2) is 5.82 Å². The monoisotopic (exact) mass is 309 g/mol.